The highest BCUT2D eigenvalue weighted by atomic mass is 32.2. The summed E-state index contributed by atoms with van der Waals surface area (Å²) in [5, 5.41) is 2.06. The Morgan fingerprint density at radius 2 is 1.62 bits per heavy atom. The molecule has 34 heavy (non-hydrogen) atoms. The van der Waals surface area contributed by atoms with Crippen molar-refractivity contribution in [3.8, 4) is 11.3 Å². The number of thiazole rings is 1. The predicted molar refractivity (Wildman–Crippen MR) is 134 cm³/mol. The van der Waals surface area contributed by atoms with Gasteiger partial charge in [-0.3, -0.25) is 0 Å². The van der Waals surface area contributed by atoms with E-state index in [-0.39, 0.29) is 0 Å². The number of rotatable bonds is 6. The molecule has 0 unspecified atom stereocenters. The third-order valence-electron chi connectivity index (χ3n) is 6.03. The molecule has 1 saturated heterocycles. The van der Waals surface area contributed by atoms with Crippen molar-refractivity contribution in [2.45, 2.75) is 37.1 Å². The Morgan fingerprint density at radius 3 is 2.29 bits per heavy atom. The summed E-state index contributed by atoms with van der Waals surface area (Å²) in [6.45, 7) is 1.73. The Morgan fingerprint density at radius 1 is 0.882 bits per heavy atom. The van der Waals surface area contributed by atoms with Crippen LogP contribution in [0.3, 0.4) is 0 Å². The highest BCUT2D eigenvalue weighted by molar-refractivity contribution is 7.89. The van der Waals surface area contributed by atoms with Crippen LogP contribution in [-0.4, -0.2) is 30.4 Å². The minimum Gasteiger partial charge on any atom is -0.467 e. The molecular weight excluding hydrogens is 466 g/mol. The van der Waals surface area contributed by atoms with Crippen molar-refractivity contribution < 1.29 is 12.8 Å². The van der Waals surface area contributed by atoms with Crippen molar-refractivity contribution in [2.24, 2.45) is 4.99 Å². The van der Waals surface area contributed by atoms with Gasteiger partial charge in [0.1, 0.15) is 5.76 Å². The van der Waals surface area contributed by atoms with Gasteiger partial charge in [-0.25, -0.2) is 13.4 Å². The van der Waals surface area contributed by atoms with Gasteiger partial charge in [0.15, 0.2) is 4.80 Å². The first-order valence-corrected chi connectivity index (χ1v) is 13.8. The van der Waals surface area contributed by atoms with Crippen LogP contribution in [0, 0.1) is 0 Å². The summed E-state index contributed by atoms with van der Waals surface area (Å²) in [5.41, 5.74) is 2.78. The van der Waals surface area contributed by atoms with Gasteiger partial charge in [-0.15, -0.1) is 11.3 Å². The lowest BCUT2D eigenvalue weighted by Gasteiger charge is -2.20. The van der Waals surface area contributed by atoms with Crippen LogP contribution in [0.25, 0.3) is 11.3 Å². The molecule has 6 nitrogen and oxygen atoms in total. The Hall–Kier alpha value is -2.94. The summed E-state index contributed by atoms with van der Waals surface area (Å²) in [6, 6.07) is 20.9. The van der Waals surface area contributed by atoms with E-state index >= 15 is 0 Å². The van der Waals surface area contributed by atoms with Crippen LogP contribution in [0.1, 0.15) is 31.4 Å². The number of nitrogens with zero attached hydrogens (tertiary/aromatic N) is 3. The molecule has 4 aromatic rings. The van der Waals surface area contributed by atoms with E-state index in [1.54, 1.807) is 34.0 Å². The second kappa shape index (κ2) is 10.1. The average molecular weight is 494 g/mol. The highest BCUT2D eigenvalue weighted by Crippen LogP contribution is 2.26. The molecule has 0 N–H and O–H groups in total. The minimum atomic E-state index is -3.48. The van der Waals surface area contributed by atoms with Gasteiger partial charge in [0.2, 0.25) is 10.0 Å². The number of sulfonamides is 1. The number of furan rings is 1. The van der Waals surface area contributed by atoms with Crippen LogP contribution in [0.2, 0.25) is 0 Å². The molecule has 2 aromatic heterocycles. The third-order valence-corrected chi connectivity index (χ3v) is 8.80. The molecule has 0 saturated carbocycles. The summed E-state index contributed by atoms with van der Waals surface area (Å²) < 4.78 is 35.7. The normalized spacial score (nSPS) is 15.9. The van der Waals surface area contributed by atoms with Gasteiger partial charge in [-0.05, 0) is 54.8 Å². The average Bonchev–Trinajstić information content (AvgIpc) is 3.42. The second-order valence-electron chi connectivity index (χ2n) is 8.36. The van der Waals surface area contributed by atoms with Crippen molar-refractivity contribution >= 4 is 27.0 Å². The maximum Gasteiger partial charge on any atom is 0.243 e. The number of benzene rings is 2. The molecule has 0 spiro atoms. The van der Waals surface area contributed by atoms with Gasteiger partial charge in [0, 0.05) is 18.5 Å². The van der Waals surface area contributed by atoms with Gasteiger partial charge in [0.05, 0.1) is 29.1 Å². The Bertz CT molecular complexity index is 1380. The zero-order valence-corrected chi connectivity index (χ0v) is 20.5. The summed E-state index contributed by atoms with van der Waals surface area (Å²) in [4.78, 5) is 6.03. The van der Waals surface area contributed by atoms with Crippen molar-refractivity contribution in [1.82, 2.24) is 8.87 Å². The number of para-hydroxylation sites is 1. The quantitative estimate of drug-likeness (QED) is 0.348. The number of hydrogen-bond acceptors (Lipinski definition) is 5. The molecule has 1 aliphatic heterocycles. The largest absolute Gasteiger partial charge is 0.467 e. The molecule has 0 radical (unpaired) electrons. The van der Waals surface area contributed by atoms with E-state index < -0.39 is 10.0 Å². The van der Waals surface area contributed by atoms with Gasteiger partial charge >= 0.3 is 0 Å². The fourth-order valence-electron chi connectivity index (χ4n) is 4.20. The van der Waals surface area contributed by atoms with E-state index in [1.165, 1.54) is 0 Å². The Labute approximate surface area is 203 Å². The molecule has 2 aromatic carbocycles. The monoisotopic (exact) mass is 493 g/mol. The minimum absolute atomic E-state index is 0.347. The standard InChI is InChI=1S/C26H27N3O3S2/c30-34(31,28-16-6-1-2-7-17-28)24-14-12-21(13-15-24)25-20-33-26(27-22-9-4-3-5-10-22)29(25)19-23-11-8-18-32-23/h3-5,8-15,18,20H,1-2,6-7,16-17,19H2. The maximum absolute atomic E-state index is 13.2. The first-order chi connectivity index (χ1) is 16.6. The summed E-state index contributed by atoms with van der Waals surface area (Å²) in [6.07, 6.45) is 5.70. The van der Waals surface area contributed by atoms with Gasteiger partial charge < -0.3 is 8.98 Å². The Kier molecular flexibility index (Phi) is 6.80. The van der Waals surface area contributed by atoms with Crippen LogP contribution >= 0.6 is 11.3 Å². The maximum atomic E-state index is 13.2. The summed E-state index contributed by atoms with van der Waals surface area (Å²) in [5.74, 6) is 0.828. The van der Waals surface area contributed by atoms with Crippen molar-refractivity contribution in [1.29, 1.82) is 0 Å². The lowest BCUT2D eigenvalue weighted by molar-refractivity contribution is 0.424. The molecule has 176 valence electrons. The zero-order chi connectivity index (χ0) is 23.4. The zero-order valence-electron chi connectivity index (χ0n) is 18.8. The van der Waals surface area contributed by atoms with Crippen LogP contribution in [0.5, 0.6) is 0 Å². The van der Waals surface area contributed by atoms with E-state index in [0.717, 1.165) is 53.2 Å². The van der Waals surface area contributed by atoms with Crippen molar-refractivity contribution in [3.63, 3.8) is 0 Å². The van der Waals surface area contributed by atoms with Crippen LogP contribution < -0.4 is 4.80 Å². The molecular formula is C26H27N3O3S2. The van der Waals surface area contributed by atoms with E-state index in [9.17, 15) is 8.42 Å². The molecule has 8 heteroatoms. The number of aromatic nitrogens is 1. The van der Waals surface area contributed by atoms with Gasteiger partial charge in [-0.2, -0.15) is 4.31 Å². The van der Waals surface area contributed by atoms with Crippen molar-refractivity contribution in [3.05, 3.63) is 88.9 Å². The predicted octanol–water partition coefficient (Wildman–Crippen LogP) is 5.66. The van der Waals surface area contributed by atoms with Crippen LogP contribution in [-0.2, 0) is 16.6 Å². The summed E-state index contributed by atoms with van der Waals surface area (Å²) >= 11 is 1.55. The van der Waals surface area contributed by atoms with Crippen molar-refractivity contribution in [2.75, 3.05) is 13.1 Å². The lowest BCUT2D eigenvalue weighted by atomic mass is 10.2. The molecule has 0 aliphatic carbocycles. The number of hydrogen-bond donors (Lipinski definition) is 0. The molecule has 1 fully saturated rings. The smallest absolute Gasteiger partial charge is 0.243 e. The van der Waals surface area contributed by atoms with Gasteiger partial charge in [-0.1, -0.05) is 43.2 Å². The fraction of sp³-hybridized carbons (Fsp3) is 0.269. The van der Waals surface area contributed by atoms with E-state index in [1.807, 2.05) is 54.6 Å². The highest BCUT2D eigenvalue weighted by Gasteiger charge is 2.25. The molecule has 3 heterocycles. The topological polar surface area (TPSA) is 67.8 Å². The first-order valence-electron chi connectivity index (χ1n) is 11.5. The molecule has 0 atom stereocenters. The molecule has 0 bridgehead atoms. The second-order valence-corrected chi connectivity index (χ2v) is 11.1. The van der Waals surface area contributed by atoms with Crippen LogP contribution in [0.4, 0.5) is 5.69 Å². The Balaban J connectivity index is 1.50. The summed E-state index contributed by atoms with van der Waals surface area (Å²) in [7, 11) is -3.48. The van der Waals surface area contributed by atoms with E-state index in [2.05, 4.69) is 9.95 Å². The first kappa shape index (κ1) is 22.8. The SMILES string of the molecule is O=S(=O)(c1ccc(-c2csc(=Nc3ccccc3)n2Cc2ccco2)cc1)N1CCCCCC1. The molecule has 5 rings (SSSR count). The van der Waals surface area contributed by atoms with Crippen LogP contribution in [0.15, 0.2) is 92.7 Å². The van der Waals surface area contributed by atoms with E-state index in [4.69, 9.17) is 9.41 Å². The van der Waals surface area contributed by atoms with E-state index in [0.29, 0.717) is 24.5 Å². The van der Waals surface area contributed by atoms with Gasteiger partial charge in [0.25, 0.3) is 0 Å². The fourth-order valence-corrected chi connectivity index (χ4v) is 6.65. The lowest BCUT2D eigenvalue weighted by Crippen LogP contribution is -2.31. The molecule has 0 amide bonds. The third kappa shape index (κ3) is 4.94. The molecule has 1 aliphatic rings.